The lowest BCUT2D eigenvalue weighted by Gasteiger charge is -2.10. The van der Waals surface area contributed by atoms with Gasteiger partial charge in [0.05, 0.1) is 12.2 Å². The smallest absolute Gasteiger partial charge is 0.306 e. The monoisotopic (exact) mass is 169 g/mol. The predicted molar refractivity (Wildman–Crippen MR) is 45.3 cm³/mol. The van der Waals surface area contributed by atoms with Crippen molar-refractivity contribution in [3.8, 4) is 6.07 Å². The van der Waals surface area contributed by atoms with Crippen molar-refractivity contribution in [1.82, 2.24) is 0 Å². The number of hydrogen-bond acceptors (Lipinski definition) is 3. The van der Waals surface area contributed by atoms with E-state index >= 15 is 0 Å². The minimum Gasteiger partial charge on any atom is -0.463 e. The van der Waals surface area contributed by atoms with Gasteiger partial charge in [-0.2, -0.15) is 5.26 Å². The molecule has 0 aliphatic carbocycles. The van der Waals surface area contributed by atoms with Gasteiger partial charge in [-0.05, 0) is 19.8 Å². The molecule has 0 aromatic rings. The summed E-state index contributed by atoms with van der Waals surface area (Å²) in [5, 5.41) is 8.26. The number of rotatable bonds is 5. The van der Waals surface area contributed by atoms with Crippen LogP contribution in [0, 0.1) is 11.3 Å². The van der Waals surface area contributed by atoms with Crippen molar-refractivity contribution in [3.05, 3.63) is 0 Å². The third kappa shape index (κ3) is 5.72. The number of carbonyl (C=O) groups excluding carboxylic acids is 1. The number of nitrogens with zero attached hydrogens (tertiary/aromatic N) is 1. The zero-order valence-electron chi connectivity index (χ0n) is 7.67. The summed E-state index contributed by atoms with van der Waals surface area (Å²) in [5.41, 5.74) is 0. The average Bonchev–Trinajstić information content (AvgIpc) is 2.01. The molecule has 12 heavy (non-hydrogen) atoms. The molecule has 0 bridgehead atoms. The van der Waals surface area contributed by atoms with E-state index in [2.05, 4.69) is 0 Å². The highest BCUT2D eigenvalue weighted by atomic mass is 16.5. The lowest BCUT2D eigenvalue weighted by atomic mass is 10.2. The van der Waals surface area contributed by atoms with Crippen LogP contribution in [0.1, 0.15) is 39.5 Å². The van der Waals surface area contributed by atoms with Gasteiger partial charge in [0, 0.05) is 12.8 Å². The Balaban J connectivity index is 3.48. The molecule has 0 aromatic heterocycles. The van der Waals surface area contributed by atoms with Crippen LogP contribution in [0.2, 0.25) is 0 Å². The van der Waals surface area contributed by atoms with Crippen molar-refractivity contribution in [2.24, 2.45) is 0 Å². The van der Waals surface area contributed by atoms with E-state index in [0.29, 0.717) is 19.3 Å². The third-order valence-electron chi connectivity index (χ3n) is 1.45. The molecule has 0 heterocycles. The lowest BCUT2D eigenvalue weighted by molar-refractivity contribution is -0.148. The van der Waals surface area contributed by atoms with Crippen molar-refractivity contribution in [3.63, 3.8) is 0 Å². The molecular formula is C9H15NO2. The molecule has 0 saturated heterocycles. The van der Waals surface area contributed by atoms with E-state index in [4.69, 9.17) is 10.00 Å². The number of hydrogen-bond donors (Lipinski definition) is 0. The molecule has 1 unspecified atom stereocenters. The fraction of sp³-hybridized carbons (Fsp3) is 0.778. The maximum absolute atomic E-state index is 10.9. The standard InChI is InChI=1S/C9H15NO2/c1-3-5-9(11)12-8(2)6-4-7-10/h8H,3-6H2,1-2H3. The summed E-state index contributed by atoms with van der Waals surface area (Å²) in [5.74, 6) is -0.164. The quantitative estimate of drug-likeness (QED) is 0.591. The Hall–Kier alpha value is -1.04. The largest absolute Gasteiger partial charge is 0.463 e. The molecule has 0 amide bonds. The van der Waals surface area contributed by atoms with Gasteiger partial charge in [0.2, 0.25) is 0 Å². The minimum absolute atomic E-state index is 0.122. The van der Waals surface area contributed by atoms with Crippen LogP contribution in [0.25, 0.3) is 0 Å². The Morgan fingerprint density at radius 3 is 2.83 bits per heavy atom. The Morgan fingerprint density at radius 2 is 2.33 bits per heavy atom. The van der Waals surface area contributed by atoms with E-state index in [0.717, 1.165) is 6.42 Å². The molecular weight excluding hydrogens is 154 g/mol. The molecule has 0 aliphatic rings. The van der Waals surface area contributed by atoms with Crippen molar-refractivity contribution in [1.29, 1.82) is 5.26 Å². The first-order valence-electron chi connectivity index (χ1n) is 4.27. The van der Waals surface area contributed by atoms with E-state index in [1.54, 1.807) is 0 Å². The van der Waals surface area contributed by atoms with Gasteiger partial charge < -0.3 is 4.74 Å². The molecule has 0 aromatic carbocycles. The number of nitriles is 1. The van der Waals surface area contributed by atoms with Gasteiger partial charge in [0.1, 0.15) is 0 Å². The highest BCUT2D eigenvalue weighted by molar-refractivity contribution is 5.69. The van der Waals surface area contributed by atoms with Crippen LogP contribution >= 0.6 is 0 Å². The maximum atomic E-state index is 10.9. The van der Waals surface area contributed by atoms with Crippen LogP contribution in [-0.2, 0) is 9.53 Å². The topological polar surface area (TPSA) is 50.1 Å². The van der Waals surface area contributed by atoms with Crippen molar-refractivity contribution < 1.29 is 9.53 Å². The fourth-order valence-corrected chi connectivity index (χ4v) is 0.814. The SMILES string of the molecule is CCCC(=O)OC(C)CCC#N. The van der Waals surface area contributed by atoms with Gasteiger partial charge in [0.25, 0.3) is 0 Å². The van der Waals surface area contributed by atoms with Gasteiger partial charge >= 0.3 is 5.97 Å². The third-order valence-corrected chi connectivity index (χ3v) is 1.45. The molecule has 0 saturated carbocycles. The second kappa shape index (κ2) is 6.66. The van der Waals surface area contributed by atoms with Crippen molar-refractivity contribution in [2.75, 3.05) is 0 Å². The lowest BCUT2D eigenvalue weighted by Crippen LogP contribution is -2.14. The van der Waals surface area contributed by atoms with Crippen LogP contribution < -0.4 is 0 Å². The highest BCUT2D eigenvalue weighted by Crippen LogP contribution is 2.03. The van der Waals surface area contributed by atoms with E-state index in [-0.39, 0.29) is 12.1 Å². The van der Waals surface area contributed by atoms with Gasteiger partial charge in [-0.15, -0.1) is 0 Å². The first kappa shape index (κ1) is 11.0. The molecule has 0 spiro atoms. The van der Waals surface area contributed by atoms with E-state index in [1.807, 2.05) is 19.9 Å². The molecule has 3 nitrogen and oxygen atoms in total. The Labute approximate surface area is 73.3 Å². The van der Waals surface area contributed by atoms with E-state index in [1.165, 1.54) is 0 Å². The van der Waals surface area contributed by atoms with Crippen LogP contribution in [0.4, 0.5) is 0 Å². The van der Waals surface area contributed by atoms with Crippen LogP contribution in [0.15, 0.2) is 0 Å². The zero-order chi connectivity index (χ0) is 9.40. The summed E-state index contributed by atoms with van der Waals surface area (Å²) < 4.78 is 5.00. The molecule has 0 N–H and O–H groups in total. The van der Waals surface area contributed by atoms with Crippen LogP contribution in [0.3, 0.4) is 0 Å². The van der Waals surface area contributed by atoms with Crippen LogP contribution in [-0.4, -0.2) is 12.1 Å². The van der Waals surface area contributed by atoms with Gasteiger partial charge in [-0.25, -0.2) is 0 Å². The second-order valence-corrected chi connectivity index (χ2v) is 2.75. The van der Waals surface area contributed by atoms with Crippen molar-refractivity contribution in [2.45, 2.75) is 45.6 Å². The number of carbonyl (C=O) groups is 1. The first-order valence-corrected chi connectivity index (χ1v) is 4.27. The molecule has 0 aliphatic heterocycles. The molecule has 3 heteroatoms. The molecule has 0 fully saturated rings. The van der Waals surface area contributed by atoms with E-state index < -0.39 is 0 Å². The minimum atomic E-state index is -0.164. The summed E-state index contributed by atoms with van der Waals surface area (Å²) in [6.07, 6.45) is 2.23. The Bertz CT molecular complexity index is 172. The maximum Gasteiger partial charge on any atom is 0.306 e. The predicted octanol–water partition coefficient (Wildman–Crippen LogP) is 2.02. The second-order valence-electron chi connectivity index (χ2n) is 2.75. The Morgan fingerprint density at radius 1 is 1.67 bits per heavy atom. The summed E-state index contributed by atoms with van der Waals surface area (Å²) in [4.78, 5) is 10.9. The first-order chi connectivity index (χ1) is 5.70. The highest BCUT2D eigenvalue weighted by Gasteiger charge is 2.07. The normalized spacial score (nSPS) is 11.8. The molecule has 0 radical (unpaired) electrons. The number of ether oxygens (including phenoxy) is 1. The molecule has 0 rings (SSSR count). The molecule has 68 valence electrons. The molecule has 1 atom stereocenters. The average molecular weight is 169 g/mol. The van der Waals surface area contributed by atoms with Crippen molar-refractivity contribution >= 4 is 5.97 Å². The number of esters is 1. The summed E-state index contributed by atoms with van der Waals surface area (Å²) >= 11 is 0. The van der Waals surface area contributed by atoms with Gasteiger partial charge in [-0.3, -0.25) is 4.79 Å². The van der Waals surface area contributed by atoms with Gasteiger partial charge in [-0.1, -0.05) is 6.92 Å². The fourth-order valence-electron chi connectivity index (χ4n) is 0.814. The zero-order valence-corrected chi connectivity index (χ0v) is 7.67. The van der Waals surface area contributed by atoms with Gasteiger partial charge in [0.15, 0.2) is 0 Å². The summed E-state index contributed by atoms with van der Waals surface area (Å²) in [6, 6.07) is 2.01. The van der Waals surface area contributed by atoms with Crippen LogP contribution in [0.5, 0.6) is 0 Å². The Kier molecular flexibility index (Phi) is 6.08. The summed E-state index contributed by atoms with van der Waals surface area (Å²) in [7, 11) is 0. The summed E-state index contributed by atoms with van der Waals surface area (Å²) in [6.45, 7) is 3.74. The van der Waals surface area contributed by atoms with E-state index in [9.17, 15) is 4.79 Å².